The molecular formula is C18H31IN4O3. The molecule has 1 heterocycles. The molecule has 0 aromatic rings. The summed E-state index contributed by atoms with van der Waals surface area (Å²) in [7, 11) is 1.72. The van der Waals surface area contributed by atoms with Gasteiger partial charge in [-0.05, 0) is 44.6 Å². The summed E-state index contributed by atoms with van der Waals surface area (Å²) < 4.78 is -0.0870. The number of rotatable bonds is 5. The Morgan fingerprint density at radius 2 is 1.81 bits per heavy atom. The van der Waals surface area contributed by atoms with Crippen molar-refractivity contribution in [1.82, 2.24) is 20.9 Å². The van der Waals surface area contributed by atoms with E-state index in [1.54, 1.807) is 36.6 Å². The van der Waals surface area contributed by atoms with E-state index in [0.29, 0.717) is 12.5 Å². The van der Waals surface area contributed by atoms with Crippen LogP contribution in [-0.2, 0) is 9.59 Å². The average molecular weight is 478 g/mol. The highest BCUT2D eigenvalue weighted by molar-refractivity contribution is 14.1. The van der Waals surface area contributed by atoms with Gasteiger partial charge in [0.15, 0.2) is 0 Å². The Balaban J connectivity index is 2.19. The quantitative estimate of drug-likeness (QED) is 0.319. The predicted molar refractivity (Wildman–Crippen MR) is 109 cm³/mol. The summed E-state index contributed by atoms with van der Waals surface area (Å²) in [4.78, 5) is 39.2. The minimum absolute atomic E-state index is 0.00315. The molecule has 1 saturated carbocycles. The third-order valence-electron chi connectivity index (χ3n) is 5.65. The van der Waals surface area contributed by atoms with Crippen molar-refractivity contribution in [2.75, 3.05) is 13.6 Å². The van der Waals surface area contributed by atoms with Gasteiger partial charge in [-0.3, -0.25) is 14.4 Å². The number of likely N-dealkylation sites (N-methyl/N-ethyl adjacent to an activating group) is 1. The van der Waals surface area contributed by atoms with Crippen molar-refractivity contribution in [3.63, 3.8) is 0 Å². The fourth-order valence-corrected chi connectivity index (χ4v) is 4.48. The van der Waals surface area contributed by atoms with E-state index in [-0.39, 0.29) is 33.9 Å². The van der Waals surface area contributed by atoms with Crippen LogP contribution in [-0.4, -0.2) is 58.4 Å². The van der Waals surface area contributed by atoms with Crippen molar-refractivity contribution < 1.29 is 14.4 Å². The molecule has 0 aromatic heterocycles. The second kappa shape index (κ2) is 8.41. The number of halogens is 1. The van der Waals surface area contributed by atoms with Gasteiger partial charge in [0.05, 0.1) is 18.1 Å². The van der Waals surface area contributed by atoms with Crippen LogP contribution in [0.1, 0.15) is 47.0 Å². The maximum Gasteiger partial charge on any atom is 0.280 e. The fraction of sp³-hybridized carbons (Fsp3) is 0.833. The Bertz CT molecular complexity index is 563. The SMILES string of the molecule is CN[C@@H](C)C(=O)N[C@H](C(=O)N1CC[C@H]2CCC(NC(=O)I)[C@H]21)C(C)(C)C. The monoisotopic (exact) mass is 478 g/mol. The van der Waals surface area contributed by atoms with E-state index >= 15 is 0 Å². The lowest BCUT2D eigenvalue weighted by Gasteiger charge is -2.37. The van der Waals surface area contributed by atoms with Gasteiger partial charge in [-0.25, -0.2) is 0 Å². The molecule has 3 amide bonds. The number of carbonyl (C=O) groups excluding carboxylic acids is 3. The lowest BCUT2D eigenvalue weighted by Crippen LogP contribution is -2.60. The van der Waals surface area contributed by atoms with E-state index in [4.69, 9.17) is 0 Å². The molecule has 1 aliphatic carbocycles. The Morgan fingerprint density at radius 3 is 2.35 bits per heavy atom. The van der Waals surface area contributed by atoms with Crippen LogP contribution < -0.4 is 16.0 Å². The lowest BCUT2D eigenvalue weighted by atomic mass is 9.85. The van der Waals surface area contributed by atoms with Crippen molar-refractivity contribution in [1.29, 1.82) is 0 Å². The molecule has 1 saturated heterocycles. The first-order valence-electron chi connectivity index (χ1n) is 9.30. The van der Waals surface area contributed by atoms with Crippen molar-refractivity contribution in [3.8, 4) is 0 Å². The second-order valence-corrected chi connectivity index (χ2v) is 9.47. The van der Waals surface area contributed by atoms with Crippen LogP contribution >= 0.6 is 22.6 Å². The van der Waals surface area contributed by atoms with E-state index in [9.17, 15) is 14.4 Å². The van der Waals surface area contributed by atoms with Gasteiger partial charge in [-0.15, -0.1) is 0 Å². The maximum atomic E-state index is 13.4. The lowest BCUT2D eigenvalue weighted by molar-refractivity contribution is -0.141. The van der Waals surface area contributed by atoms with Gasteiger partial charge < -0.3 is 20.9 Å². The van der Waals surface area contributed by atoms with Crippen molar-refractivity contribution in [2.45, 2.75) is 71.1 Å². The molecule has 0 spiro atoms. The summed E-state index contributed by atoms with van der Waals surface area (Å²) in [6.45, 7) is 8.35. The summed E-state index contributed by atoms with van der Waals surface area (Å²) in [5.74, 6) is 0.205. The molecule has 5 atom stereocenters. The van der Waals surface area contributed by atoms with Crippen LogP contribution in [0, 0.1) is 11.3 Å². The molecule has 2 aliphatic rings. The molecule has 0 aromatic carbocycles. The zero-order valence-electron chi connectivity index (χ0n) is 16.3. The number of likely N-dealkylation sites (tertiary alicyclic amines) is 1. The van der Waals surface area contributed by atoms with Crippen LogP contribution in [0.25, 0.3) is 0 Å². The largest absolute Gasteiger partial charge is 0.343 e. The summed E-state index contributed by atoms with van der Waals surface area (Å²) in [6.07, 6.45) is 2.89. The Hall–Kier alpha value is -0.900. The molecule has 8 heteroatoms. The van der Waals surface area contributed by atoms with Crippen LogP contribution in [0.3, 0.4) is 0 Å². The zero-order chi connectivity index (χ0) is 19.6. The van der Waals surface area contributed by atoms with Gasteiger partial charge >= 0.3 is 0 Å². The highest BCUT2D eigenvalue weighted by atomic mass is 127. The molecule has 0 radical (unpaired) electrons. The van der Waals surface area contributed by atoms with Gasteiger partial charge in [0, 0.05) is 29.1 Å². The molecular weight excluding hydrogens is 447 g/mol. The standard InChI is InChI=1S/C18H31IN4O3/c1-10(20-5)15(24)22-14(18(2,3)4)16(25)23-9-8-11-6-7-12(13(11)23)21-17(19)26/h10-14,20H,6-9H2,1-5H3,(H,21,26)(H,22,24)/t10-,11+,12?,13-,14+/m0/s1. The predicted octanol–water partition coefficient (Wildman–Crippen LogP) is 1.65. The summed E-state index contributed by atoms with van der Waals surface area (Å²) >= 11 is 1.75. The summed E-state index contributed by atoms with van der Waals surface area (Å²) in [5.41, 5.74) is -0.404. The third kappa shape index (κ3) is 4.68. The van der Waals surface area contributed by atoms with E-state index in [1.807, 2.05) is 25.7 Å². The van der Waals surface area contributed by atoms with E-state index in [1.165, 1.54) is 0 Å². The van der Waals surface area contributed by atoms with E-state index in [0.717, 1.165) is 19.3 Å². The Morgan fingerprint density at radius 1 is 1.15 bits per heavy atom. The van der Waals surface area contributed by atoms with Crippen molar-refractivity contribution >= 4 is 38.3 Å². The first-order valence-corrected chi connectivity index (χ1v) is 10.4. The van der Waals surface area contributed by atoms with Gasteiger partial charge in [0.2, 0.25) is 11.8 Å². The number of amides is 3. The minimum atomic E-state index is -0.596. The number of hydrogen-bond donors (Lipinski definition) is 3. The molecule has 1 unspecified atom stereocenters. The number of carbonyl (C=O) groups is 3. The van der Waals surface area contributed by atoms with Crippen LogP contribution in [0.5, 0.6) is 0 Å². The smallest absolute Gasteiger partial charge is 0.280 e. The molecule has 1 aliphatic heterocycles. The molecule has 2 rings (SSSR count). The van der Waals surface area contributed by atoms with Crippen LogP contribution in [0.15, 0.2) is 0 Å². The number of nitrogens with zero attached hydrogens (tertiary/aromatic N) is 1. The normalized spacial score (nSPS) is 27.6. The molecule has 7 nitrogen and oxygen atoms in total. The van der Waals surface area contributed by atoms with Crippen molar-refractivity contribution in [2.24, 2.45) is 11.3 Å². The highest BCUT2D eigenvalue weighted by Crippen LogP contribution is 2.39. The zero-order valence-corrected chi connectivity index (χ0v) is 18.4. The van der Waals surface area contributed by atoms with Crippen molar-refractivity contribution in [3.05, 3.63) is 0 Å². The summed E-state index contributed by atoms with van der Waals surface area (Å²) in [5, 5.41) is 8.85. The van der Waals surface area contributed by atoms with Gasteiger partial charge in [0.1, 0.15) is 6.04 Å². The molecule has 0 bridgehead atoms. The summed E-state index contributed by atoms with van der Waals surface area (Å²) in [6, 6.07) is -0.925. The van der Waals surface area contributed by atoms with Gasteiger partial charge in [0.25, 0.3) is 3.91 Å². The first-order chi connectivity index (χ1) is 12.1. The van der Waals surface area contributed by atoms with Gasteiger partial charge in [-0.1, -0.05) is 20.8 Å². The molecule has 26 heavy (non-hydrogen) atoms. The molecule has 148 valence electrons. The van der Waals surface area contributed by atoms with Crippen LogP contribution in [0.4, 0.5) is 4.79 Å². The Kier molecular flexibility index (Phi) is 6.92. The Labute approximate surface area is 169 Å². The minimum Gasteiger partial charge on any atom is -0.343 e. The number of nitrogens with one attached hydrogen (secondary N) is 3. The molecule has 2 fully saturated rings. The van der Waals surface area contributed by atoms with E-state index in [2.05, 4.69) is 16.0 Å². The fourth-order valence-electron chi connectivity index (χ4n) is 4.08. The van der Waals surface area contributed by atoms with Gasteiger partial charge in [-0.2, -0.15) is 0 Å². The molecule has 3 N–H and O–H groups in total. The second-order valence-electron chi connectivity index (χ2n) is 8.49. The first kappa shape index (κ1) is 21.4. The topological polar surface area (TPSA) is 90.5 Å². The number of fused-ring (bicyclic) bond motifs is 1. The maximum absolute atomic E-state index is 13.4. The third-order valence-corrected chi connectivity index (χ3v) is 5.96. The van der Waals surface area contributed by atoms with E-state index < -0.39 is 11.5 Å². The number of hydrogen-bond acceptors (Lipinski definition) is 4. The highest BCUT2D eigenvalue weighted by Gasteiger charge is 2.49. The van der Waals surface area contributed by atoms with Crippen LogP contribution in [0.2, 0.25) is 0 Å². The average Bonchev–Trinajstić information content (AvgIpc) is 3.12.